The van der Waals surface area contributed by atoms with Crippen molar-refractivity contribution in [2.75, 3.05) is 0 Å². The first-order chi connectivity index (χ1) is 6.95. The van der Waals surface area contributed by atoms with Crippen molar-refractivity contribution in [3.8, 4) is 0 Å². The second-order valence-corrected chi connectivity index (χ2v) is 6.85. The maximum absolute atomic E-state index is 1.84. The fraction of sp³-hybridized carbons (Fsp3) is 1.00. The molecule has 0 nitrogen and oxygen atoms in total. The van der Waals surface area contributed by atoms with Gasteiger partial charge in [-0.05, 0) is 37.0 Å². The van der Waals surface area contributed by atoms with Crippen LogP contribution < -0.4 is 0 Å². The maximum atomic E-state index is 1.84. The molecule has 81 valence electrons. The van der Waals surface area contributed by atoms with Crippen molar-refractivity contribution in [1.29, 1.82) is 0 Å². The zero-order chi connectivity index (χ0) is 9.64. The monoisotopic (exact) mass is 211 g/mol. The van der Waals surface area contributed by atoms with Gasteiger partial charge in [0.2, 0.25) is 0 Å². The zero-order valence-electron chi connectivity index (χ0n) is 9.38. The molecule has 0 atom stereocenters. The Morgan fingerprint density at radius 1 is 0.500 bits per heavy atom. The van der Waals surface area contributed by atoms with Gasteiger partial charge in [-0.15, -0.1) is 0 Å². The topological polar surface area (TPSA) is 0 Å². The van der Waals surface area contributed by atoms with Crippen LogP contribution in [0.15, 0.2) is 0 Å². The maximum Gasteiger partial charge on any atom is -0.0168 e. The molecule has 0 aromatic heterocycles. The van der Waals surface area contributed by atoms with Crippen LogP contribution in [0, 0.1) is 0 Å². The molecule has 1 radical (unpaired) electrons. The van der Waals surface area contributed by atoms with E-state index >= 15 is 0 Å². The van der Waals surface area contributed by atoms with Gasteiger partial charge in [0.15, 0.2) is 0 Å². The Morgan fingerprint density at radius 2 is 0.929 bits per heavy atom. The van der Waals surface area contributed by atoms with Gasteiger partial charge in [0, 0.05) is 0 Å². The Kier molecular flexibility index (Phi) is 4.77. The summed E-state index contributed by atoms with van der Waals surface area (Å²) >= 11 is 0. The summed E-state index contributed by atoms with van der Waals surface area (Å²) in [5.41, 5.74) is 2.19. The lowest BCUT2D eigenvalue weighted by Crippen LogP contribution is -2.16. The molecule has 2 saturated carbocycles. The highest BCUT2D eigenvalue weighted by atomic mass is 31.1. The zero-order valence-corrected chi connectivity index (χ0v) is 10.3. The summed E-state index contributed by atoms with van der Waals surface area (Å²) in [6.45, 7) is 0. The summed E-state index contributed by atoms with van der Waals surface area (Å²) in [6.07, 6.45) is 16.7. The highest BCUT2D eigenvalue weighted by Gasteiger charge is 2.22. The summed E-state index contributed by atoms with van der Waals surface area (Å²) in [4.78, 5) is 0. The third kappa shape index (κ3) is 3.54. The first-order valence-corrected chi connectivity index (χ1v) is 7.68. The van der Waals surface area contributed by atoms with E-state index in [1.165, 1.54) is 70.6 Å². The smallest absolute Gasteiger partial charge is 0.0168 e. The molecule has 0 aliphatic heterocycles. The third-order valence-corrected chi connectivity index (χ3v) is 5.70. The van der Waals surface area contributed by atoms with Crippen molar-refractivity contribution in [1.82, 2.24) is 0 Å². The van der Waals surface area contributed by atoms with E-state index in [4.69, 9.17) is 0 Å². The van der Waals surface area contributed by atoms with Crippen LogP contribution in [-0.2, 0) is 0 Å². The molecule has 0 unspecified atom stereocenters. The predicted octanol–water partition coefficient (Wildman–Crippen LogP) is 4.99. The number of rotatable bonds is 2. The van der Waals surface area contributed by atoms with E-state index < -0.39 is 0 Å². The van der Waals surface area contributed by atoms with Gasteiger partial charge in [-0.3, -0.25) is 0 Å². The van der Waals surface area contributed by atoms with Gasteiger partial charge in [0.05, 0.1) is 0 Å². The van der Waals surface area contributed by atoms with Gasteiger partial charge in [-0.2, -0.15) is 0 Å². The first-order valence-electron chi connectivity index (χ1n) is 6.65. The van der Waals surface area contributed by atoms with E-state index in [1.807, 2.05) is 8.58 Å². The predicted molar refractivity (Wildman–Crippen MR) is 65.3 cm³/mol. The lowest BCUT2D eigenvalue weighted by atomic mass is 10.00. The molecule has 0 heterocycles. The Labute approximate surface area is 91.0 Å². The van der Waals surface area contributed by atoms with Crippen molar-refractivity contribution in [3.63, 3.8) is 0 Å². The molecule has 2 aliphatic carbocycles. The molecule has 1 heteroatoms. The SMILES string of the molecule is C1CCCCC([P]C2CCC2)CCC1. The van der Waals surface area contributed by atoms with Crippen LogP contribution in [0.2, 0.25) is 0 Å². The average Bonchev–Trinajstić information content (AvgIpc) is 2.24. The molecule has 2 rings (SSSR count). The van der Waals surface area contributed by atoms with Gasteiger partial charge in [0.25, 0.3) is 0 Å². The average molecular weight is 211 g/mol. The minimum Gasteiger partial charge on any atom is -0.0741 e. The van der Waals surface area contributed by atoms with Crippen LogP contribution >= 0.6 is 8.58 Å². The summed E-state index contributed by atoms with van der Waals surface area (Å²) in [5, 5.41) is 0. The van der Waals surface area contributed by atoms with E-state index in [1.54, 1.807) is 0 Å². The fourth-order valence-electron chi connectivity index (χ4n) is 2.59. The normalized spacial score (nSPS) is 28.3. The summed E-state index contributed by atoms with van der Waals surface area (Å²) in [6, 6.07) is 0. The Hall–Kier alpha value is 0.430. The Bertz CT molecular complexity index is 141. The quantitative estimate of drug-likeness (QED) is 0.564. The molecule has 0 amide bonds. The first kappa shape index (κ1) is 10.9. The Morgan fingerprint density at radius 3 is 1.36 bits per heavy atom. The Balaban J connectivity index is 1.69. The highest BCUT2D eigenvalue weighted by Crippen LogP contribution is 2.42. The largest absolute Gasteiger partial charge is 0.0741 e. The highest BCUT2D eigenvalue weighted by molar-refractivity contribution is 7.39. The van der Waals surface area contributed by atoms with Crippen LogP contribution in [0.3, 0.4) is 0 Å². The summed E-state index contributed by atoms with van der Waals surface area (Å²) < 4.78 is 0. The molecule has 0 spiro atoms. The van der Waals surface area contributed by atoms with Gasteiger partial charge in [-0.1, -0.05) is 53.5 Å². The van der Waals surface area contributed by atoms with Crippen LogP contribution in [0.4, 0.5) is 0 Å². The van der Waals surface area contributed by atoms with Gasteiger partial charge >= 0.3 is 0 Å². The molecular weight excluding hydrogens is 187 g/mol. The molecular formula is C13H24P. The van der Waals surface area contributed by atoms with E-state index in [9.17, 15) is 0 Å². The van der Waals surface area contributed by atoms with E-state index in [0.29, 0.717) is 0 Å². The van der Waals surface area contributed by atoms with Crippen molar-refractivity contribution in [2.45, 2.75) is 81.9 Å². The van der Waals surface area contributed by atoms with Crippen LogP contribution in [0.25, 0.3) is 0 Å². The molecule has 0 saturated heterocycles. The van der Waals surface area contributed by atoms with E-state index in [-0.39, 0.29) is 0 Å². The van der Waals surface area contributed by atoms with Crippen LogP contribution in [0.5, 0.6) is 0 Å². The van der Waals surface area contributed by atoms with Crippen LogP contribution in [-0.4, -0.2) is 11.3 Å². The fourth-order valence-corrected chi connectivity index (χ4v) is 4.52. The van der Waals surface area contributed by atoms with Gasteiger partial charge in [0.1, 0.15) is 0 Å². The lowest BCUT2D eigenvalue weighted by molar-refractivity contribution is 0.510. The molecule has 0 bridgehead atoms. The van der Waals surface area contributed by atoms with Gasteiger partial charge in [-0.25, -0.2) is 0 Å². The third-order valence-electron chi connectivity index (χ3n) is 3.82. The summed E-state index contributed by atoms with van der Waals surface area (Å²) in [5.74, 6) is 0. The second-order valence-electron chi connectivity index (χ2n) is 5.09. The van der Waals surface area contributed by atoms with Crippen molar-refractivity contribution in [2.24, 2.45) is 0 Å². The molecule has 14 heavy (non-hydrogen) atoms. The van der Waals surface area contributed by atoms with E-state index in [2.05, 4.69) is 0 Å². The summed E-state index contributed by atoms with van der Waals surface area (Å²) in [7, 11) is 1.84. The molecule has 0 aromatic carbocycles. The van der Waals surface area contributed by atoms with Gasteiger partial charge < -0.3 is 0 Å². The second kappa shape index (κ2) is 6.11. The number of hydrogen-bond acceptors (Lipinski definition) is 0. The molecule has 2 aliphatic rings. The minimum atomic E-state index is 1.08. The van der Waals surface area contributed by atoms with E-state index in [0.717, 1.165) is 11.3 Å². The minimum absolute atomic E-state index is 1.08. The molecule has 2 fully saturated rings. The van der Waals surface area contributed by atoms with Crippen molar-refractivity contribution in [3.05, 3.63) is 0 Å². The number of hydrogen-bond donors (Lipinski definition) is 0. The van der Waals surface area contributed by atoms with Crippen LogP contribution in [0.1, 0.15) is 70.6 Å². The molecule has 0 N–H and O–H groups in total. The standard InChI is InChI=1S/C13H24P/c1-2-4-6-9-12(8-5-3-1)14-13-10-7-11-13/h12-13H,1-11H2. The lowest BCUT2D eigenvalue weighted by Gasteiger charge is -2.29. The molecule has 0 aromatic rings. The van der Waals surface area contributed by atoms with Crippen molar-refractivity contribution < 1.29 is 0 Å². The van der Waals surface area contributed by atoms with Crippen molar-refractivity contribution >= 4 is 8.58 Å².